The molecule has 5 N–H and O–H groups in total. The second kappa shape index (κ2) is 11.8. The Kier molecular flexibility index (Phi) is 8.35. The van der Waals surface area contributed by atoms with Crippen LogP contribution in [-0.4, -0.2) is 35.4 Å². The fraction of sp³-hybridized carbons (Fsp3) is 0.304. The quantitative estimate of drug-likeness (QED) is 0.239. The van der Waals surface area contributed by atoms with Gasteiger partial charge in [0.2, 0.25) is 5.95 Å². The van der Waals surface area contributed by atoms with Crippen molar-refractivity contribution in [1.82, 2.24) is 14.7 Å². The van der Waals surface area contributed by atoms with Gasteiger partial charge in [-0.1, -0.05) is 35.0 Å². The zero-order valence-electron chi connectivity index (χ0n) is 17.9. The van der Waals surface area contributed by atoms with Gasteiger partial charge in [0.15, 0.2) is 5.82 Å². The molecule has 0 radical (unpaired) electrons. The van der Waals surface area contributed by atoms with E-state index in [1.165, 1.54) is 4.90 Å². The highest BCUT2D eigenvalue weighted by molar-refractivity contribution is 7.97. The summed E-state index contributed by atoms with van der Waals surface area (Å²) in [5, 5.41) is 10.2. The molecule has 0 saturated carbocycles. The maximum atomic E-state index is 8.44. The van der Waals surface area contributed by atoms with Gasteiger partial charge in [-0.05, 0) is 61.5 Å². The van der Waals surface area contributed by atoms with Crippen molar-refractivity contribution >= 4 is 45.8 Å². The van der Waals surface area contributed by atoms with Gasteiger partial charge in [-0.2, -0.15) is 4.98 Å². The maximum absolute atomic E-state index is 8.44. The van der Waals surface area contributed by atoms with Crippen molar-refractivity contribution in [1.29, 1.82) is 4.78 Å². The SMILES string of the molecule is N=S1CCCCNc2nc(ncc2NCCCNSc2ccccc2)Nc2cccc1c2. The molecule has 1 aromatic heterocycles. The first-order valence-corrected chi connectivity index (χ1v) is 13.1. The number of nitrogens with one attached hydrogen (secondary N) is 5. The van der Waals surface area contributed by atoms with Gasteiger partial charge >= 0.3 is 0 Å². The highest BCUT2D eigenvalue weighted by atomic mass is 32.2. The summed E-state index contributed by atoms with van der Waals surface area (Å²) < 4.78 is 11.8. The van der Waals surface area contributed by atoms with E-state index in [2.05, 4.69) is 37.8 Å². The predicted molar refractivity (Wildman–Crippen MR) is 136 cm³/mol. The maximum Gasteiger partial charge on any atom is 0.229 e. The molecule has 7 nitrogen and oxygen atoms in total. The van der Waals surface area contributed by atoms with Crippen LogP contribution in [0, 0.1) is 4.78 Å². The number of nitrogens with zero attached hydrogens (tertiary/aromatic N) is 2. The Morgan fingerprint density at radius 1 is 1.06 bits per heavy atom. The number of aromatic nitrogens is 2. The van der Waals surface area contributed by atoms with Crippen molar-refractivity contribution in [3.8, 4) is 0 Å². The molecule has 1 unspecified atom stereocenters. The Morgan fingerprint density at radius 3 is 2.88 bits per heavy atom. The first-order chi connectivity index (χ1) is 15.8. The smallest absolute Gasteiger partial charge is 0.229 e. The Hall–Kier alpha value is -2.62. The lowest BCUT2D eigenvalue weighted by Gasteiger charge is -2.14. The summed E-state index contributed by atoms with van der Waals surface area (Å²) in [6, 6.07) is 18.4. The molecular formula is C23H29N7S2. The summed E-state index contributed by atoms with van der Waals surface area (Å²) in [6.07, 6.45) is 4.85. The van der Waals surface area contributed by atoms with E-state index in [-0.39, 0.29) is 0 Å². The lowest BCUT2D eigenvalue weighted by molar-refractivity contribution is 0.827. The van der Waals surface area contributed by atoms with Gasteiger partial charge in [0.05, 0.1) is 11.9 Å². The molecule has 0 aliphatic carbocycles. The summed E-state index contributed by atoms with van der Waals surface area (Å²) in [6.45, 7) is 2.56. The standard InChI is InChI=1S/C23H29N7S2/c24-32-15-5-4-12-26-22-21(25-13-7-14-28-31-19-9-2-1-3-10-19)17-27-23(30-22)29-18-8-6-11-20(32)16-18/h1-3,6,8-11,16-17,24-25,28H,4-5,7,12-15H2,(H2,26,27,29,30). The number of anilines is 4. The number of benzene rings is 2. The van der Waals surface area contributed by atoms with Crippen molar-refractivity contribution in [2.24, 2.45) is 0 Å². The van der Waals surface area contributed by atoms with Crippen LogP contribution in [0.25, 0.3) is 0 Å². The predicted octanol–water partition coefficient (Wildman–Crippen LogP) is 5.26. The molecule has 2 aromatic carbocycles. The lowest BCUT2D eigenvalue weighted by atomic mass is 10.3. The Labute approximate surface area is 196 Å². The van der Waals surface area contributed by atoms with Crippen molar-refractivity contribution in [3.05, 3.63) is 60.8 Å². The molecule has 0 fully saturated rings. The normalized spacial score (nSPS) is 15.9. The molecule has 1 aliphatic rings. The van der Waals surface area contributed by atoms with Crippen LogP contribution in [0.4, 0.5) is 23.1 Å². The van der Waals surface area contributed by atoms with E-state index in [0.717, 1.165) is 66.7 Å². The number of hydrogen-bond donors (Lipinski definition) is 5. The molecule has 1 aliphatic heterocycles. The summed E-state index contributed by atoms with van der Waals surface area (Å²) in [5.74, 6) is 2.25. The third-order valence-corrected chi connectivity index (χ3v) is 7.31. The van der Waals surface area contributed by atoms with E-state index in [1.807, 2.05) is 48.7 Å². The minimum atomic E-state index is -0.491. The van der Waals surface area contributed by atoms with Crippen molar-refractivity contribution in [3.63, 3.8) is 0 Å². The van der Waals surface area contributed by atoms with Gasteiger partial charge < -0.3 is 16.0 Å². The molecule has 4 rings (SSSR count). The van der Waals surface area contributed by atoms with Crippen molar-refractivity contribution < 1.29 is 0 Å². The number of fused-ring (bicyclic) bond motifs is 4. The van der Waals surface area contributed by atoms with Gasteiger partial charge in [0.1, 0.15) is 0 Å². The van der Waals surface area contributed by atoms with E-state index in [4.69, 9.17) is 9.76 Å². The zero-order valence-corrected chi connectivity index (χ0v) is 19.6. The van der Waals surface area contributed by atoms with Crippen LogP contribution in [0.5, 0.6) is 0 Å². The molecule has 32 heavy (non-hydrogen) atoms. The average molecular weight is 468 g/mol. The molecule has 0 spiro atoms. The van der Waals surface area contributed by atoms with Gasteiger partial charge in [-0.25, -0.2) is 4.98 Å². The van der Waals surface area contributed by atoms with Crippen LogP contribution in [0.3, 0.4) is 0 Å². The summed E-state index contributed by atoms with van der Waals surface area (Å²) in [7, 11) is -0.491. The first-order valence-electron chi connectivity index (χ1n) is 10.9. The van der Waals surface area contributed by atoms with Crippen molar-refractivity contribution in [2.45, 2.75) is 29.1 Å². The van der Waals surface area contributed by atoms with Gasteiger partial charge in [-0.3, -0.25) is 9.50 Å². The molecular weight excluding hydrogens is 438 g/mol. The summed E-state index contributed by atoms with van der Waals surface area (Å²) in [4.78, 5) is 11.5. The largest absolute Gasteiger partial charge is 0.381 e. The van der Waals surface area contributed by atoms with Gasteiger partial charge in [-0.15, -0.1) is 0 Å². The highest BCUT2D eigenvalue weighted by Crippen LogP contribution is 2.24. The van der Waals surface area contributed by atoms with Crippen molar-refractivity contribution in [2.75, 3.05) is 41.3 Å². The van der Waals surface area contributed by atoms with Crippen LogP contribution in [0.15, 0.2) is 70.6 Å². The molecule has 4 bridgehead atoms. The average Bonchev–Trinajstić information content (AvgIpc) is 2.83. The molecule has 9 heteroatoms. The lowest BCUT2D eigenvalue weighted by Crippen LogP contribution is -2.14. The van der Waals surface area contributed by atoms with E-state index in [0.29, 0.717) is 5.95 Å². The molecule has 168 valence electrons. The molecule has 0 saturated heterocycles. The van der Waals surface area contributed by atoms with Crippen LogP contribution >= 0.6 is 11.9 Å². The minimum Gasteiger partial charge on any atom is -0.381 e. The van der Waals surface area contributed by atoms with E-state index >= 15 is 0 Å². The third-order valence-electron chi connectivity index (χ3n) is 4.94. The first kappa shape index (κ1) is 22.6. The second-order valence-electron chi connectivity index (χ2n) is 7.43. The van der Waals surface area contributed by atoms with Crippen LogP contribution in [0.2, 0.25) is 0 Å². The second-order valence-corrected chi connectivity index (χ2v) is 10.1. The number of rotatable bonds is 7. The van der Waals surface area contributed by atoms with E-state index < -0.39 is 10.7 Å². The zero-order chi connectivity index (χ0) is 22.0. The number of hydrogen-bond acceptors (Lipinski definition) is 8. The fourth-order valence-electron chi connectivity index (χ4n) is 3.26. The van der Waals surface area contributed by atoms with Crippen LogP contribution < -0.4 is 20.7 Å². The summed E-state index contributed by atoms with van der Waals surface area (Å²) >= 11 is 1.66. The Balaban J connectivity index is 1.34. The van der Waals surface area contributed by atoms with E-state index in [1.54, 1.807) is 11.9 Å². The molecule has 3 aromatic rings. The van der Waals surface area contributed by atoms with E-state index in [9.17, 15) is 0 Å². The third kappa shape index (κ3) is 6.69. The van der Waals surface area contributed by atoms with Gasteiger partial charge in [0.25, 0.3) is 0 Å². The molecule has 2 heterocycles. The Morgan fingerprint density at radius 2 is 1.97 bits per heavy atom. The van der Waals surface area contributed by atoms with Crippen LogP contribution in [-0.2, 0) is 10.7 Å². The topological polar surface area (TPSA) is 97.8 Å². The molecule has 0 amide bonds. The van der Waals surface area contributed by atoms with Gasteiger partial charge in [0, 0.05) is 40.9 Å². The molecule has 1 atom stereocenters. The summed E-state index contributed by atoms with van der Waals surface area (Å²) in [5.41, 5.74) is 1.83. The Bertz CT molecular complexity index is 1030. The highest BCUT2D eigenvalue weighted by Gasteiger charge is 2.10. The fourth-order valence-corrected chi connectivity index (χ4v) is 5.21. The van der Waals surface area contributed by atoms with Crippen LogP contribution in [0.1, 0.15) is 19.3 Å². The monoisotopic (exact) mass is 467 g/mol. The minimum absolute atomic E-state index is 0.491.